The molecule has 106 valence electrons. The minimum Gasteiger partial charge on any atom is -0.310 e. The number of pyridine rings is 1. The minimum atomic E-state index is 0.668. The van der Waals surface area contributed by atoms with Crippen molar-refractivity contribution < 1.29 is 0 Å². The Hall–Kier alpha value is -0.930. The van der Waals surface area contributed by atoms with Crippen molar-refractivity contribution in [2.24, 2.45) is 0 Å². The Labute approximate surface area is 117 Å². The molecule has 0 bridgehead atoms. The molecule has 0 spiro atoms. The molecule has 1 saturated heterocycles. The lowest BCUT2D eigenvalue weighted by Crippen LogP contribution is -2.31. The molecule has 3 nitrogen and oxygen atoms in total. The van der Waals surface area contributed by atoms with Crippen molar-refractivity contribution >= 4 is 0 Å². The highest BCUT2D eigenvalue weighted by molar-refractivity contribution is 5.21. The molecule has 2 heterocycles. The van der Waals surface area contributed by atoms with Gasteiger partial charge >= 0.3 is 0 Å². The Morgan fingerprint density at radius 1 is 1.37 bits per heavy atom. The third-order valence-corrected chi connectivity index (χ3v) is 4.09. The lowest BCUT2D eigenvalue weighted by Gasteiger charge is -2.19. The summed E-state index contributed by atoms with van der Waals surface area (Å²) in [5.41, 5.74) is 2.67. The molecular weight excluding hydrogens is 234 g/mol. The van der Waals surface area contributed by atoms with Crippen molar-refractivity contribution in [3.8, 4) is 0 Å². The van der Waals surface area contributed by atoms with Crippen LogP contribution in [0.5, 0.6) is 0 Å². The predicted molar refractivity (Wildman–Crippen MR) is 80.2 cm³/mol. The molecule has 1 N–H and O–H groups in total. The Morgan fingerprint density at radius 3 is 3.05 bits per heavy atom. The van der Waals surface area contributed by atoms with Gasteiger partial charge in [0.15, 0.2) is 0 Å². The maximum absolute atomic E-state index is 4.22. The topological polar surface area (TPSA) is 28.2 Å². The highest BCUT2D eigenvalue weighted by Gasteiger charge is 2.16. The van der Waals surface area contributed by atoms with Gasteiger partial charge in [-0.1, -0.05) is 6.92 Å². The summed E-state index contributed by atoms with van der Waals surface area (Å²) in [5, 5.41) is 3.71. The van der Waals surface area contributed by atoms with Crippen molar-refractivity contribution in [2.75, 3.05) is 19.6 Å². The quantitative estimate of drug-likeness (QED) is 0.883. The average Bonchev–Trinajstić information content (AvgIpc) is 2.64. The fraction of sp³-hybridized carbons (Fsp3) is 0.688. The molecule has 1 aliphatic heterocycles. The van der Waals surface area contributed by atoms with Gasteiger partial charge in [-0.15, -0.1) is 0 Å². The van der Waals surface area contributed by atoms with Gasteiger partial charge in [-0.25, -0.2) is 0 Å². The lowest BCUT2D eigenvalue weighted by molar-refractivity contribution is 0.282. The minimum absolute atomic E-state index is 0.668. The zero-order valence-corrected chi connectivity index (χ0v) is 12.4. The van der Waals surface area contributed by atoms with E-state index in [0.29, 0.717) is 6.04 Å². The fourth-order valence-corrected chi connectivity index (χ4v) is 2.84. The number of nitrogens with zero attached hydrogens (tertiary/aromatic N) is 2. The van der Waals surface area contributed by atoms with Crippen LogP contribution in [-0.4, -0.2) is 35.6 Å². The Bertz CT molecular complexity index is 378. The van der Waals surface area contributed by atoms with Crippen molar-refractivity contribution in [1.82, 2.24) is 15.2 Å². The first-order valence-electron chi connectivity index (χ1n) is 7.65. The summed E-state index contributed by atoms with van der Waals surface area (Å²) in [5.74, 6) is 0. The zero-order chi connectivity index (χ0) is 13.5. The molecule has 0 saturated carbocycles. The molecule has 1 aliphatic rings. The van der Waals surface area contributed by atoms with Crippen LogP contribution in [0.25, 0.3) is 0 Å². The van der Waals surface area contributed by atoms with Crippen LogP contribution in [0.2, 0.25) is 0 Å². The van der Waals surface area contributed by atoms with Gasteiger partial charge in [0.25, 0.3) is 0 Å². The van der Waals surface area contributed by atoms with E-state index in [4.69, 9.17) is 0 Å². The van der Waals surface area contributed by atoms with E-state index >= 15 is 0 Å². The first-order chi connectivity index (χ1) is 9.29. The molecule has 3 heteroatoms. The summed E-state index contributed by atoms with van der Waals surface area (Å²) in [6, 6.07) is 2.76. The predicted octanol–water partition coefficient (Wildman–Crippen LogP) is 2.74. The van der Waals surface area contributed by atoms with E-state index in [9.17, 15) is 0 Å². The number of hydrogen-bond donors (Lipinski definition) is 1. The monoisotopic (exact) mass is 261 g/mol. The molecule has 0 radical (unpaired) electrons. The number of rotatable bonds is 5. The summed E-state index contributed by atoms with van der Waals surface area (Å²) >= 11 is 0. The number of likely N-dealkylation sites (tertiary alicyclic amines) is 1. The van der Waals surface area contributed by atoms with Crippen LogP contribution in [0.4, 0.5) is 0 Å². The van der Waals surface area contributed by atoms with E-state index in [1.807, 2.05) is 12.4 Å². The second-order valence-electron chi connectivity index (χ2n) is 5.65. The van der Waals surface area contributed by atoms with Gasteiger partial charge in [0.1, 0.15) is 0 Å². The molecule has 0 aromatic carbocycles. The first-order valence-corrected chi connectivity index (χ1v) is 7.65. The molecule has 1 aromatic heterocycles. The van der Waals surface area contributed by atoms with Crippen molar-refractivity contribution in [2.45, 2.75) is 52.1 Å². The molecule has 1 aromatic rings. The van der Waals surface area contributed by atoms with Crippen LogP contribution in [0.3, 0.4) is 0 Å². The molecule has 1 atom stereocenters. The van der Waals surface area contributed by atoms with Gasteiger partial charge in [-0.05, 0) is 69.4 Å². The van der Waals surface area contributed by atoms with Crippen LogP contribution in [0, 0.1) is 6.92 Å². The molecule has 2 rings (SSSR count). The smallest absolute Gasteiger partial charge is 0.0315 e. The molecule has 0 aliphatic carbocycles. The summed E-state index contributed by atoms with van der Waals surface area (Å²) < 4.78 is 0. The average molecular weight is 261 g/mol. The molecule has 0 amide bonds. The molecular formula is C16H27N3. The standard InChI is InChI=1S/C16H27N3/c1-3-9-19-10-4-5-16(7-11-19)18-13-15-12-17-8-6-14(15)2/h6,8,12,16,18H,3-5,7,9-11,13H2,1-2H3. The van der Waals surface area contributed by atoms with E-state index in [2.05, 4.69) is 35.1 Å². The third kappa shape index (κ3) is 4.59. The summed E-state index contributed by atoms with van der Waals surface area (Å²) in [6.07, 6.45) is 9.03. The second-order valence-corrected chi connectivity index (χ2v) is 5.65. The summed E-state index contributed by atoms with van der Waals surface area (Å²) in [4.78, 5) is 6.82. The van der Waals surface area contributed by atoms with Crippen molar-refractivity contribution in [3.63, 3.8) is 0 Å². The molecule has 19 heavy (non-hydrogen) atoms. The van der Waals surface area contributed by atoms with Gasteiger partial charge in [0.05, 0.1) is 0 Å². The van der Waals surface area contributed by atoms with Crippen LogP contribution < -0.4 is 5.32 Å². The third-order valence-electron chi connectivity index (χ3n) is 4.09. The van der Waals surface area contributed by atoms with Crippen LogP contribution in [-0.2, 0) is 6.54 Å². The van der Waals surface area contributed by atoms with Crippen LogP contribution >= 0.6 is 0 Å². The van der Waals surface area contributed by atoms with Gasteiger partial charge in [-0.3, -0.25) is 4.98 Å². The lowest BCUT2D eigenvalue weighted by atomic mass is 10.1. The van der Waals surface area contributed by atoms with Crippen LogP contribution in [0.1, 0.15) is 43.7 Å². The summed E-state index contributed by atoms with van der Waals surface area (Å²) in [6.45, 7) is 9.17. The Balaban J connectivity index is 1.79. The van der Waals surface area contributed by atoms with Crippen LogP contribution in [0.15, 0.2) is 18.5 Å². The number of hydrogen-bond acceptors (Lipinski definition) is 3. The highest BCUT2D eigenvalue weighted by atomic mass is 15.1. The van der Waals surface area contributed by atoms with Gasteiger partial charge in [0.2, 0.25) is 0 Å². The number of aryl methyl sites for hydroxylation is 1. The molecule has 1 fully saturated rings. The summed E-state index contributed by atoms with van der Waals surface area (Å²) in [7, 11) is 0. The maximum atomic E-state index is 4.22. The van der Waals surface area contributed by atoms with Crippen molar-refractivity contribution in [1.29, 1.82) is 0 Å². The fourth-order valence-electron chi connectivity index (χ4n) is 2.84. The number of aromatic nitrogens is 1. The van der Waals surface area contributed by atoms with Crippen molar-refractivity contribution in [3.05, 3.63) is 29.6 Å². The Morgan fingerprint density at radius 2 is 2.26 bits per heavy atom. The van der Waals surface area contributed by atoms with E-state index in [-0.39, 0.29) is 0 Å². The zero-order valence-electron chi connectivity index (χ0n) is 12.4. The number of nitrogens with one attached hydrogen (secondary N) is 1. The van der Waals surface area contributed by atoms with Gasteiger partial charge in [-0.2, -0.15) is 0 Å². The van der Waals surface area contributed by atoms with Gasteiger partial charge in [0, 0.05) is 25.0 Å². The highest BCUT2D eigenvalue weighted by Crippen LogP contribution is 2.13. The maximum Gasteiger partial charge on any atom is 0.0315 e. The Kier molecular flexibility index (Phi) is 5.80. The van der Waals surface area contributed by atoms with E-state index in [1.165, 1.54) is 56.4 Å². The van der Waals surface area contributed by atoms with E-state index in [0.717, 1.165) is 6.54 Å². The van der Waals surface area contributed by atoms with Gasteiger partial charge < -0.3 is 10.2 Å². The van der Waals surface area contributed by atoms with E-state index < -0.39 is 0 Å². The second kappa shape index (κ2) is 7.61. The molecule has 1 unspecified atom stereocenters. The normalized spacial score (nSPS) is 21.3. The first kappa shape index (κ1) is 14.5. The van der Waals surface area contributed by atoms with E-state index in [1.54, 1.807) is 0 Å². The SMILES string of the molecule is CCCN1CCCC(NCc2cnccc2C)CC1. The largest absolute Gasteiger partial charge is 0.310 e.